The standard InChI is InChI=1S/C21H25N3O2S/c1-24(14-15-7-9-16(26-2)10-8-15)12-11-20(25)23-21-18(13-22)17-5-3-4-6-19(17)27-21/h7-10H,3-6,11-12,14H2,1-2H3,(H,23,25). The Hall–Kier alpha value is -2.36. The summed E-state index contributed by atoms with van der Waals surface area (Å²) in [6.07, 6.45) is 4.67. The summed E-state index contributed by atoms with van der Waals surface area (Å²) in [5.74, 6) is 0.805. The molecule has 2 aromatic rings. The molecule has 27 heavy (non-hydrogen) atoms. The van der Waals surface area contributed by atoms with Gasteiger partial charge in [-0.25, -0.2) is 0 Å². The fourth-order valence-corrected chi connectivity index (χ4v) is 4.63. The van der Waals surface area contributed by atoms with Gasteiger partial charge in [0.15, 0.2) is 0 Å². The molecule has 5 nitrogen and oxygen atoms in total. The van der Waals surface area contributed by atoms with Crippen LogP contribution in [0.3, 0.4) is 0 Å². The molecule has 1 aliphatic carbocycles. The first kappa shape index (κ1) is 19.4. The molecular formula is C21H25N3O2S. The van der Waals surface area contributed by atoms with Gasteiger partial charge in [0.1, 0.15) is 16.8 Å². The predicted molar refractivity (Wildman–Crippen MR) is 108 cm³/mol. The quantitative estimate of drug-likeness (QED) is 0.786. The predicted octanol–water partition coefficient (Wildman–Crippen LogP) is 3.97. The van der Waals surface area contributed by atoms with Gasteiger partial charge < -0.3 is 15.0 Å². The van der Waals surface area contributed by atoms with Gasteiger partial charge in [0.05, 0.1) is 12.7 Å². The van der Waals surface area contributed by atoms with Crippen LogP contribution in [-0.4, -0.2) is 31.5 Å². The van der Waals surface area contributed by atoms with Gasteiger partial charge in [0.2, 0.25) is 5.91 Å². The van der Waals surface area contributed by atoms with E-state index >= 15 is 0 Å². The van der Waals surface area contributed by atoms with Gasteiger partial charge in [-0.2, -0.15) is 5.26 Å². The SMILES string of the molecule is COc1ccc(CN(C)CCC(=O)Nc2sc3c(c2C#N)CCCC3)cc1. The fraction of sp³-hybridized carbons (Fsp3) is 0.429. The molecule has 6 heteroatoms. The van der Waals surface area contributed by atoms with Crippen LogP contribution in [0.1, 0.15) is 40.8 Å². The van der Waals surface area contributed by atoms with Crippen molar-refractivity contribution < 1.29 is 9.53 Å². The lowest BCUT2D eigenvalue weighted by molar-refractivity contribution is -0.116. The number of benzene rings is 1. The number of hydrogen-bond donors (Lipinski definition) is 1. The Morgan fingerprint density at radius 3 is 2.74 bits per heavy atom. The number of nitrogens with zero attached hydrogens (tertiary/aromatic N) is 2. The van der Waals surface area contributed by atoms with Gasteiger partial charge in [0.25, 0.3) is 0 Å². The van der Waals surface area contributed by atoms with Crippen molar-refractivity contribution in [1.82, 2.24) is 4.90 Å². The second-order valence-corrected chi connectivity index (χ2v) is 8.02. The third-order valence-electron chi connectivity index (χ3n) is 4.87. The highest BCUT2D eigenvalue weighted by Crippen LogP contribution is 2.37. The second kappa shape index (κ2) is 9.03. The number of anilines is 1. The summed E-state index contributed by atoms with van der Waals surface area (Å²) in [5, 5.41) is 13.2. The number of carbonyl (C=O) groups excluding carboxylic acids is 1. The van der Waals surface area contributed by atoms with E-state index in [0.29, 0.717) is 18.5 Å². The molecule has 0 bridgehead atoms. The first-order chi connectivity index (χ1) is 13.1. The van der Waals surface area contributed by atoms with E-state index in [0.717, 1.165) is 42.1 Å². The van der Waals surface area contributed by atoms with Crippen LogP contribution in [0, 0.1) is 11.3 Å². The number of thiophene rings is 1. The van der Waals surface area contributed by atoms with Crippen LogP contribution in [0.2, 0.25) is 0 Å². The minimum atomic E-state index is -0.0355. The highest BCUT2D eigenvalue weighted by Gasteiger charge is 2.21. The zero-order chi connectivity index (χ0) is 19.2. The van der Waals surface area contributed by atoms with E-state index in [-0.39, 0.29) is 5.91 Å². The molecule has 1 aromatic heterocycles. The molecule has 0 radical (unpaired) electrons. The van der Waals surface area contributed by atoms with E-state index in [1.807, 2.05) is 31.3 Å². The Morgan fingerprint density at radius 2 is 2.04 bits per heavy atom. The third-order valence-corrected chi connectivity index (χ3v) is 6.08. The summed E-state index contributed by atoms with van der Waals surface area (Å²) in [6.45, 7) is 1.43. The van der Waals surface area contributed by atoms with Crippen LogP contribution < -0.4 is 10.1 Å². The van der Waals surface area contributed by atoms with E-state index in [1.54, 1.807) is 18.4 Å². The number of rotatable bonds is 7. The third kappa shape index (κ3) is 4.88. The number of nitriles is 1. The molecular weight excluding hydrogens is 358 g/mol. The van der Waals surface area contributed by atoms with Crippen molar-refractivity contribution >= 4 is 22.2 Å². The molecule has 0 saturated carbocycles. The molecule has 0 fully saturated rings. The summed E-state index contributed by atoms with van der Waals surface area (Å²) in [4.78, 5) is 15.8. The van der Waals surface area contributed by atoms with E-state index in [1.165, 1.54) is 16.9 Å². The summed E-state index contributed by atoms with van der Waals surface area (Å²) in [5.41, 5.74) is 3.01. The van der Waals surface area contributed by atoms with Gasteiger partial charge in [-0.05, 0) is 56.0 Å². The highest BCUT2D eigenvalue weighted by molar-refractivity contribution is 7.16. The van der Waals surface area contributed by atoms with Gasteiger partial charge >= 0.3 is 0 Å². The normalized spacial score (nSPS) is 13.1. The molecule has 0 spiro atoms. The van der Waals surface area contributed by atoms with Crippen molar-refractivity contribution in [2.75, 3.05) is 26.0 Å². The number of methoxy groups -OCH3 is 1. The average molecular weight is 384 g/mol. The Morgan fingerprint density at radius 1 is 1.30 bits per heavy atom. The first-order valence-electron chi connectivity index (χ1n) is 9.26. The Bertz CT molecular complexity index is 836. The largest absolute Gasteiger partial charge is 0.497 e. The Kier molecular flexibility index (Phi) is 6.49. The van der Waals surface area contributed by atoms with Crippen molar-refractivity contribution in [2.24, 2.45) is 0 Å². The van der Waals surface area contributed by atoms with Crippen molar-refractivity contribution in [3.63, 3.8) is 0 Å². The molecule has 0 atom stereocenters. The summed E-state index contributed by atoms with van der Waals surface area (Å²) >= 11 is 1.58. The molecule has 0 aliphatic heterocycles. The number of nitrogens with one attached hydrogen (secondary N) is 1. The number of carbonyl (C=O) groups is 1. The molecule has 3 rings (SSSR count). The lowest BCUT2D eigenvalue weighted by atomic mass is 9.96. The number of ether oxygens (including phenoxy) is 1. The zero-order valence-electron chi connectivity index (χ0n) is 15.9. The van der Waals surface area contributed by atoms with Crippen LogP contribution in [0.5, 0.6) is 5.75 Å². The number of aryl methyl sites for hydroxylation is 1. The number of fused-ring (bicyclic) bond motifs is 1. The van der Waals surface area contributed by atoms with E-state index in [2.05, 4.69) is 16.3 Å². The van der Waals surface area contributed by atoms with Gasteiger partial charge in [-0.3, -0.25) is 4.79 Å². The lowest BCUT2D eigenvalue weighted by Gasteiger charge is -2.16. The Labute approximate surface area is 164 Å². The van der Waals surface area contributed by atoms with Crippen molar-refractivity contribution in [3.05, 3.63) is 45.8 Å². The summed E-state index contributed by atoms with van der Waals surface area (Å²) in [7, 11) is 3.66. The summed E-state index contributed by atoms with van der Waals surface area (Å²) < 4.78 is 5.17. The molecule has 1 N–H and O–H groups in total. The molecule has 142 valence electrons. The average Bonchev–Trinajstić information content (AvgIpc) is 3.03. The highest BCUT2D eigenvalue weighted by atomic mass is 32.1. The first-order valence-corrected chi connectivity index (χ1v) is 10.1. The van der Waals surface area contributed by atoms with Crippen LogP contribution in [0.4, 0.5) is 5.00 Å². The topological polar surface area (TPSA) is 65.4 Å². The van der Waals surface area contributed by atoms with Crippen molar-refractivity contribution in [2.45, 2.75) is 38.6 Å². The maximum absolute atomic E-state index is 12.4. The van der Waals surface area contributed by atoms with Gasteiger partial charge in [-0.15, -0.1) is 11.3 Å². The van der Waals surface area contributed by atoms with Gasteiger partial charge in [-0.1, -0.05) is 12.1 Å². The summed E-state index contributed by atoms with van der Waals surface area (Å²) in [6, 6.07) is 10.2. The smallest absolute Gasteiger partial charge is 0.226 e. The number of hydrogen-bond acceptors (Lipinski definition) is 5. The molecule has 1 amide bonds. The van der Waals surface area contributed by atoms with Crippen LogP contribution in [-0.2, 0) is 24.2 Å². The molecule has 0 saturated heterocycles. The van der Waals surface area contributed by atoms with Gasteiger partial charge in [0, 0.05) is 24.4 Å². The van der Waals surface area contributed by atoms with E-state index in [4.69, 9.17) is 4.74 Å². The van der Waals surface area contributed by atoms with Crippen LogP contribution in [0.25, 0.3) is 0 Å². The zero-order valence-corrected chi connectivity index (χ0v) is 16.7. The monoisotopic (exact) mass is 383 g/mol. The molecule has 1 aromatic carbocycles. The molecule has 1 heterocycles. The maximum Gasteiger partial charge on any atom is 0.226 e. The van der Waals surface area contributed by atoms with Crippen LogP contribution >= 0.6 is 11.3 Å². The fourth-order valence-electron chi connectivity index (χ4n) is 3.38. The second-order valence-electron chi connectivity index (χ2n) is 6.91. The van der Waals surface area contributed by atoms with Crippen molar-refractivity contribution in [3.8, 4) is 11.8 Å². The molecule has 1 aliphatic rings. The molecule has 0 unspecified atom stereocenters. The van der Waals surface area contributed by atoms with Crippen molar-refractivity contribution in [1.29, 1.82) is 5.26 Å². The minimum absolute atomic E-state index is 0.0355. The maximum atomic E-state index is 12.4. The van der Waals surface area contributed by atoms with Crippen LogP contribution in [0.15, 0.2) is 24.3 Å². The minimum Gasteiger partial charge on any atom is -0.497 e. The Balaban J connectivity index is 1.52. The lowest BCUT2D eigenvalue weighted by Crippen LogP contribution is -2.24. The van der Waals surface area contributed by atoms with E-state index in [9.17, 15) is 10.1 Å². The van der Waals surface area contributed by atoms with E-state index < -0.39 is 0 Å². The number of amides is 1.